The minimum atomic E-state index is -0.310. The summed E-state index contributed by atoms with van der Waals surface area (Å²) in [5, 5.41) is 14.3. The lowest BCUT2D eigenvalue weighted by Crippen LogP contribution is -2.20. The fourth-order valence-electron chi connectivity index (χ4n) is 2.46. The Morgan fingerprint density at radius 2 is 1.90 bits per heavy atom. The molecule has 2 aromatic carbocycles. The van der Waals surface area contributed by atoms with Gasteiger partial charge >= 0.3 is 0 Å². The van der Waals surface area contributed by atoms with Gasteiger partial charge in [0.15, 0.2) is 18.1 Å². The fraction of sp³-hybridized carbons (Fsp3) is 0.200. The van der Waals surface area contributed by atoms with Crippen LogP contribution in [0.3, 0.4) is 0 Å². The summed E-state index contributed by atoms with van der Waals surface area (Å²) in [6, 6.07) is 12.5. The number of benzene rings is 2. The Labute approximate surface area is 167 Å². The Morgan fingerprint density at radius 1 is 1.10 bits per heavy atom. The molecular formula is C20H21N5O4. The first-order chi connectivity index (χ1) is 14.2. The highest BCUT2D eigenvalue weighted by Crippen LogP contribution is 2.28. The second-order valence-corrected chi connectivity index (χ2v) is 5.76. The van der Waals surface area contributed by atoms with Crippen LogP contribution in [0.5, 0.6) is 17.2 Å². The molecule has 0 saturated carbocycles. The largest absolute Gasteiger partial charge is 0.495 e. The molecule has 0 fully saturated rings. The summed E-state index contributed by atoms with van der Waals surface area (Å²) < 4.78 is 18.0. The Morgan fingerprint density at radius 3 is 2.66 bits per heavy atom. The number of hydrogen-bond acceptors (Lipinski definition) is 7. The standard InChI is InChI=1S/C20H21N5O4/c1-3-28-19-10-15(11-23-25-13-21-22-14-25)8-9-18(19)29-12-20(26)24-16-6-4-5-7-17(16)27-2/h4-11,13-14H,3,12H2,1-2H3,(H,24,26)/b23-11+. The van der Waals surface area contributed by atoms with Gasteiger partial charge in [0.05, 0.1) is 25.6 Å². The maximum absolute atomic E-state index is 12.3. The van der Waals surface area contributed by atoms with Gasteiger partial charge in [-0.1, -0.05) is 12.1 Å². The van der Waals surface area contributed by atoms with Crippen LogP contribution in [0.15, 0.2) is 60.2 Å². The van der Waals surface area contributed by atoms with Crippen molar-refractivity contribution < 1.29 is 19.0 Å². The highest BCUT2D eigenvalue weighted by Gasteiger charge is 2.11. The molecule has 0 saturated heterocycles. The number of nitrogens with one attached hydrogen (secondary N) is 1. The van der Waals surface area contributed by atoms with E-state index in [4.69, 9.17) is 14.2 Å². The van der Waals surface area contributed by atoms with E-state index in [0.29, 0.717) is 29.5 Å². The summed E-state index contributed by atoms with van der Waals surface area (Å²) >= 11 is 0. The SMILES string of the molecule is CCOc1cc(/C=N/n2cnnc2)ccc1OCC(=O)Nc1ccccc1OC. The zero-order chi connectivity index (χ0) is 20.5. The molecule has 1 N–H and O–H groups in total. The summed E-state index contributed by atoms with van der Waals surface area (Å²) in [6.07, 6.45) is 4.61. The topological polar surface area (TPSA) is 99.9 Å². The van der Waals surface area contributed by atoms with Crippen LogP contribution >= 0.6 is 0 Å². The smallest absolute Gasteiger partial charge is 0.262 e. The van der Waals surface area contributed by atoms with Crippen molar-refractivity contribution in [2.24, 2.45) is 5.10 Å². The zero-order valence-corrected chi connectivity index (χ0v) is 16.1. The number of aromatic nitrogens is 3. The first-order valence-electron chi connectivity index (χ1n) is 8.91. The van der Waals surface area contributed by atoms with E-state index in [9.17, 15) is 4.79 Å². The molecule has 0 atom stereocenters. The molecule has 0 aliphatic carbocycles. The molecule has 0 spiro atoms. The van der Waals surface area contributed by atoms with E-state index in [1.807, 2.05) is 25.1 Å². The number of hydrogen-bond donors (Lipinski definition) is 1. The van der Waals surface area contributed by atoms with E-state index in [1.165, 1.54) is 17.3 Å². The van der Waals surface area contributed by atoms with E-state index in [2.05, 4.69) is 20.6 Å². The van der Waals surface area contributed by atoms with E-state index < -0.39 is 0 Å². The number of methoxy groups -OCH3 is 1. The molecule has 0 unspecified atom stereocenters. The van der Waals surface area contributed by atoms with Crippen LogP contribution in [0.2, 0.25) is 0 Å². The number of carbonyl (C=O) groups excluding carboxylic acids is 1. The van der Waals surface area contributed by atoms with Crippen LogP contribution < -0.4 is 19.5 Å². The predicted octanol–water partition coefficient (Wildman–Crippen LogP) is 2.59. The second-order valence-electron chi connectivity index (χ2n) is 5.76. The van der Waals surface area contributed by atoms with Gasteiger partial charge in [-0.15, -0.1) is 10.2 Å². The third-order valence-electron chi connectivity index (χ3n) is 3.75. The highest BCUT2D eigenvalue weighted by molar-refractivity contribution is 5.93. The van der Waals surface area contributed by atoms with Crippen molar-refractivity contribution in [1.29, 1.82) is 0 Å². The monoisotopic (exact) mass is 395 g/mol. The predicted molar refractivity (Wildman–Crippen MR) is 108 cm³/mol. The number of para-hydroxylation sites is 2. The van der Waals surface area contributed by atoms with Gasteiger partial charge < -0.3 is 19.5 Å². The lowest BCUT2D eigenvalue weighted by atomic mass is 10.2. The molecule has 9 nitrogen and oxygen atoms in total. The van der Waals surface area contributed by atoms with E-state index in [0.717, 1.165) is 5.56 Å². The van der Waals surface area contributed by atoms with Crippen LogP contribution in [0, 0.1) is 0 Å². The van der Waals surface area contributed by atoms with Gasteiger partial charge in [-0.3, -0.25) is 4.79 Å². The highest BCUT2D eigenvalue weighted by atomic mass is 16.5. The van der Waals surface area contributed by atoms with Gasteiger partial charge in [0.25, 0.3) is 5.91 Å². The number of anilines is 1. The average Bonchev–Trinajstić information content (AvgIpc) is 3.26. The molecule has 1 heterocycles. The molecule has 1 amide bonds. The van der Waals surface area contributed by atoms with Gasteiger partial charge in [-0.25, -0.2) is 4.68 Å². The van der Waals surface area contributed by atoms with Crippen molar-refractivity contribution in [1.82, 2.24) is 14.9 Å². The molecule has 3 aromatic rings. The molecular weight excluding hydrogens is 374 g/mol. The molecule has 0 bridgehead atoms. The Hall–Kier alpha value is -3.88. The van der Waals surface area contributed by atoms with E-state index in [1.54, 1.807) is 37.6 Å². The van der Waals surface area contributed by atoms with Crippen LogP contribution in [0.4, 0.5) is 5.69 Å². The van der Waals surface area contributed by atoms with Gasteiger partial charge in [-0.2, -0.15) is 5.10 Å². The van der Waals surface area contributed by atoms with Gasteiger partial charge in [-0.05, 0) is 42.8 Å². The molecule has 3 rings (SSSR count). The first kappa shape index (κ1) is 19.9. The molecule has 9 heteroatoms. The first-order valence-corrected chi connectivity index (χ1v) is 8.91. The summed E-state index contributed by atoms with van der Waals surface area (Å²) in [6.45, 7) is 2.15. The third-order valence-corrected chi connectivity index (χ3v) is 3.75. The summed E-state index contributed by atoms with van der Waals surface area (Å²) in [7, 11) is 1.55. The Bertz CT molecular complexity index is 973. The minimum Gasteiger partial charge on any atom is -0.495 e. The number of ether oxygens (including phenoxy) is 3. The van der Waals surface area contributed by atoms with Crippen molar-refractivity contribution in [2.45, 2.75) is 6.92 Å². The van der Waals surface area contributed by atoms with Crippen molar-refractivity contribution in [2.75, 3.05) is 25.6 Å². The quantitative estimate of drug-likeness (QED) is 0.559. The maximum atomic E-state index is 12.3. The normalized spacial score (nSPS) is 10.7. The molecule has 0 aliphatic rings. The number of amides is 1. The van der Waals surface area contributed by atoms with Crippen LogP contribution in [0.1, 0.15) is 12.5 Å². The van der Waals surface area contributed by atoms with E-state index in [-0.39, 0.29) is 12.5 Å². The lowest BCUT2D eigenvalue weighted by molar-refractivity contribution is -0.118. The fourth-order valence-corrected chi connectivity index (χ4v) is 2.46. The maximum Gasteiger partial charge on any atom is 0.262 e. The van der Waals surface area contributed by atoms with Crippen molar-refractivity contribution in [3.05, 3.63) is 60.7 Å². The summed E-state index contributed by atoms with van der Waals surface area (Å²) in [5.74, 6) is 1.25. The lowest BCUT2D eigenvalue weighted by Gasteiger charge is -2.13. The molecule has 150 valence electrons. The van der Waals surface area contributed by atoms with Gasteiger partial charge in [0.1, 0.15) is 18.4 Å². The Balaban J connectivity index is 1.65. The number of nitrogens with zero attached hydrogens (tertiary/aromatic N) is 4. The van der Waals surface area contributed by atoms with Crippen LogP contribution in [-0.4, -0.2) is 47.3 Å². The van der Waals surface area contributed by atoms with Crippen LogP contribution in [-0.2, 0) is 4.79 Å². The molecule has 1 aromatic heterocycles. The van der Waals surface area contributed by atoms with Gasteiger partial charge in [0.2, 0.25) is 0 Å². The zero-order valence-electron chi connectivity index (χ0n) is 16.1. The third kappa shape index (κ3) is 5.55. The Kier molecular flexibility index (Phi) is 6.77. The molecule has 29 heavy (non-hydrogen) atoms. The summed E-state index contributed by atoms with van der Waals surface area (Å²) in [5.41, 5.74) is 1.38. The van der Waals surface area contributed by atoms with Crippen molar-refractivity contribution in [3.63, 3.8) is 0 Å². The average molecular weight is 395 g/mol. The van der Waals surface area contributed by atoms with Crippen molar-refractivity contribution in [3.8, 4) is 17.2 Å². The molecule has 0 aliphatic heterocycles. The molecule has 0 radical (unpaired) electrons. The van der Waals surface area contributed by atoms with Crippen LogP contribution in [0.25, 0.3) is 0 Å². The second kappa shape index (κ2) is 9.88. The van der Waals surface area contributed by atoms with E-state index >= 15 is 0 Å². The number of rotatable bonds is 9. The van der Waals surface area contributed by atoms with Crippen molar-refractivity contribution >= 4 is 17.8 Å². The number of carbonyl (C=O) groups is 1. The van der Waals surface area contributed by atoms with Gasteiger partial charge in [0, 0.05) is 0 Å². The minimum absolute atomic E-state index is 0.174. The summed E-state index contributed by atoms with van der Waals surface area (Å²) in [4.78, 5) is 12.3.